The first-order valence-corrected chi connectivity index (χ1v) is 8.57. The number of aliphatic hydroxyl groups excluding tert-OH is 2. The van der Waals surface area contributed by atoms with Crippen LogP contribution in [0.25, 0.3) is 5.76 Å². The van der Waals surface area contributed by atoms with Gasteiger partial charge in [-0.05, 0) is 11.6 Å². The standard InChI is InChI=1S/C20H20N2O5/c23-10-12-27-11-9-22-17(15-7-4-8-21-13-15)16(19(25)20(22)26)18(24)14-5-2-1-3-6-14/h1-8,13,17,23-24H,9-12H2/b18-16+. The van der Waals surface area contributed by atoms with E-state index in [0.717, 1.165) is 0 Å². The summed E-state index contributed by atoms with van der Waals surface area (Å²) in [6.07, 6.45) is 3.16. The van der Waals surface area contributed by atoms with Gasteiger partial charge in [-0.25, -0.2) is 0 Å². The number of carbonyl (C=O) groups excluding carboxylic acids is 2. The number of ketones is 1. The summed E-state index contributed by atoms with van der Waals surface area (Å²) < 4.78 is 5.24. The molecular weight excluding hydrogens is 348 g/mol. The normalized spacial score (nSPS) is 18.9. The van der Waals surface area contributed by atoms with E-state index >= 15 is 0 Å². The van der Waals surface area contributed by atoms with E-state index in [2.05, 4.69) is 4.98 Å². The molecule has 2 aromatic rings. The average Bonchev–Trinajstić information content (AvgIpc) is 2.97. The highest BCUT2D eigenvalue weighted by atomic mass is 16.5. The number of aliphatic hydroxyl groups is 2. The molecule has 1 aliphatic rings. The molecule has 1 aromatic carbocycles. The predicted molar refractivity (Wildman–Crippen MR) is 97.6 cm³/mol. The lowest BCUT2D eigenvalue weighted by Gasteiger charge is -2.24. The Bertz CT molecular complexity index is 836. The monoisotopic (exact) mass is 368 g/mol. The van der Waals surface area contributed by atoms with Crippen molar-refractivity contribution in [2.45, 2.75) is 6.04 Å². The van der Waals surface area contributed by atoms with Crippen LogP contribution in [0.5, 0.6) is 0 Å². The SMILES string of the molecule is O=C1C(=O)N(CCOCCO)C(c2cccnc2)/C1=C(\O)c1ccccc1. The van der Waals surface area contributed by atoms with Gasteiger partial charge in [0.05, 0.1) is 31.4 Å². The molecule has 7 heteroatoms. The summed E-state index contributed by atoms with van der Waals surface area (Å²) in [5.41, 5.74) is 1.11. The first-order valence-electron chi connectivity index (χ1n) is 8.57. The van der Waals surface area contributed by atoms with Gasteiger partial charge < -0.3 is 19.8 Å². The Morgan fingerprint density at radius 3 is 2.56 bits per heavy atom. The van der Waals surface area contributed by atoms with E-state index < -0.39 is 17.7 Å². The Balaban J connectivity index is 2.03. The number of likely N-dealkylation sites (tertiary alicyclic amines) is 1. The van der Waals surface area contributed by atoms with E-state index in [0.29, 0.717) is 11.1 Å². The molecule has 3 rings (SSSR count). The molecule has 1 unspecified atom stereocenters. The number of nitrogens with zero attached hydrogens (tertiary/aromatic N) is 2. The quantitative estimate of drug-likeness (QED) is 0.333. The number of ether oxygens (including phenoxy) is 1. The van der Waals surface area contributed by atoms with Gasteiger partial charge in [0.15, 0.2) is 0 Å². The fraction of sp³-hybridized carbons (Fsp3) is 0.250. The summed E-state index contributed by atoms with van der Waals surface area (Å²) >= 11 is 0. The molecule has 1 fully saturated rings. The van der Waals surface area contributed by atoms with E-state index in [-0.39, 0.29) is 37.7 Å². The highest BCUT2D eigenvalue weighted by Gasteiger charge is 2.45. The van der Waals surface area contributed by atoms with Crippen molar-refractivity contribution < 1.29 is 24.5 Å². The van der Waals surface area contributed by atoms with Gasteiger partial charge in [0.25, 0.3) is 11.7 Å². The van der Waals surface area contributed by atoms with Crippen molar-refractivity contribution in [1.29, 1.82) is 0 Å². The Morgan fingerprint density at radius 1 is 1.11 bits per heavy atom. The van der Waals surface area contributed by atoms with Gasteiger partial charge in [-0.2, -0.15) is 0 Å². The number of carbonyl (C=O) groups is 2. The molecule has 2 heterocycles. The van der Waals surface area contributed by atoms with Crippen LogP contribution < -0.4 is 0 Å². The zero-order chi connectivity index (χ0) is 19.2. The molecule has 27 heavy (non-hydrogen) atoms. The fourth-order valence-corrected chi connectivity index (χ4v) is 3.08. The zero-order valence-corrected chi connectivity index (χ0v) is 14.6. The summed E-state index contributed by atoms with van der Waals surface area (Å²) in [5, 5.41) is 19.6. The lowest BCUT2D eigenvalue weighted by Crippen LogP contribution is -2.33. The van der Waals surface area contributed by atoms with E-state index in [1.54, 1.807) is 54.9 Å². The molecule has 0 spiro atoms. The van der Waals surface area contributed by atoms with E-state index in [4.69, 9.17) is 9.84 Å². The maximum Gasteiger partial charge on any atom is 0.295 e. The maximum absolute atomic E-state index is 12.7. The van der Waals surface area contributed by atoms with Crippen LogP contribution in [0.4, 0.5) is 0 Å². The molecule has 1 aliphatic heterocycles. The van der Waals surface area contributed by atoms with Crippen molar-refractivity contribution >= 4 is 17.4 Å². The number of hydrogen-bond donors (Lipinski definition) is 2. The third-order valence-electron chi connectivity index (χ3n) is 4.30. The zero-order valence-electron chi connectivity index (χ0n) is 14.6. The molecule has 7 nitrogen and oxygen atoms in total. The minimum Gasteiger partial charge on any atom is -0.507 e. The minimum absolute atomic E-state index is 0.0290. The number of benzene rings is 1. The van der Waals surface area contributed by atoms with Crippen molar-refractivity contribution in [3.63, 3.8) is 0 Å². The Morgan fingerprint density at radius 2 is 1.89 bits per heavy atom. The fourth-order valence-electron chi connectivity index (χ4n) is 3.08. The highest BCUT2D eigenvalue weighted by Crippen LogP contribution is 2.38. The Kier molecular flexibility index (Phi) is 5.95. The van der Waals surface area contributed by atoms with Crippen LogP contribution >= 0.6 is 0 Å². The Hall–Kier alpha value is -3.03. The van der Waals surface area contributed by atoms with Crippen LogP contribution in [0.3, 0.4) is 0 Å². The van der Waals surface area contributed by atoms with Crippen molar-refractivity contribution in [3.8, 4) is 0 Å². The molecule has 1 aromatic heterocycles. The molecule has 1 saturated heterocycles. The van der Waals surface area contributed by atoms with Crippen molar-refractivity contribution in [2.24, 2.45) is 0 Å². The molecule has 1 amide bonds. The van der Waals surface area contributed by atoms with Crippen LogP contribution in [0.15, 0.2) is 60.4 Å². The number of rotatable bonds is 7. The summed E-state index contributed by atoms with van der Waals surface area (Å²) in [4.78, 5) is 30.7. The summed E-state index contributed by atoms with van der Waals surface area (Å²) in [6, 6.07) is 11.3. The largest absolute Gasteiger partial charge is 0.507 e. The molecule has 0 aliphatic carbocycles. The van der Waals surface area contributed by atoms with Crippen molar-refractivity contribution in [1.82, 2.24) is 9.88 Å². The molecular formula is C20H20N2O5. The number of aromatic nitrogens is 1. The lowest BCUT2D eigenvalue weighted by atomic mass is 9.96. The second-order valence-corrected chi connectivity index (χ2v) is 5.98. The molecule has 0 saturated carbocycles. The van der Waals surface area contributed by atoms with E-state index in [1.165, 1.54) is 4.90 Å². The van der Waals surface area contributed by atoms with Crippen LogP contribution in [0, 0.1) is 0 Å². The van der Waals surface area contributed by atoms with Gasteiger partial charge in [0.1, 0.15) is 5.76 Å². The van der Waals surface area contributed by atoms with Crippen LogP contribution in [-0.4, -0.2) is 58.2 Å². The van der Waals surface area contributed by atoms with Crippen molar-refractivity contribution in [3.05, 3.63) is 71.6 Å². The number of pyridine rings is 1. The first-order chi connectivity index (χ1) is 13.1. The third-order valence-corrected chi connectivity index (χ3v) is 4.30. The first kappa shape index (κ1) is 18.8. The summed E-state index contributed by atoms with van der Waals surface area (Å²) in [6.45, 7) is 0.329. The van der Waals surface area contributed by atoms with Gasteiger partial charge in [-0.15, -0.1) is 0 Å². The number of Topliss-reactive ketones (excluding diaryl/α,β-unsaturated/α-hetero) is 1. The summed E-state index contributed by atoms with van der Waals surface area (Å²) in [7, 11) is 0. The highest BCUT2D eigenvalue weighted by molar-refractivity contribution is 6.46. The summed E-state index contributed by atoms with van der Waals surface area (Å²) in [5.74, 6) is -1.66. The van der Waals surface area contributed by atoms with Gasteiger partial charge in [0.2, 0.25) is 0 Å². The smallest absolute Gasteiger partial charge is 0.295 e. The third kappa shape index (κ3) is 3.89. The maximum atomic E-state index is 12.7. The number of amides is 1. The minimum atomic E-state index is -0.753. The molecule has 140 valence electrons. The molecule has 2 N–H and O–H groups in total. The van der Waals surface area contributed by atoms with E-state index in [1.807, 2.05) is 0 Å². The molecule has 1 atom stereocenters. The average molecular weight is 368 g/mol. The Labute approximate surface area is 156 Å². The van der Waals surface area contributed by atoms with Crippen LogP contribution in [-0.2, 0) is 14.3 Å². The van der Waals surface area contributed by atoms with Crippen LogP contribution in [0.1, 0.15) is 17.2 Å². The van der Waals surface area contributed by atoms with Gasteiger partial charge in [-0.3, -0.25) is 14.6 Å². The van der Waals surface area contributed by atoms with Crippen LogP contribution in [0.2, 0.25) is 0 Å². The lowest BCUT2D eigenvalue weighted by molar-refractivity contribution is -0.140. The number of hydrogen-bond acceptors (Lipinski definition) is 6. The predicted octanol–water partition coefficient (Wildman–Crippen LogP) is 1.51. The molecule has 0 bridgehead atoms. The van der Waals surface area contributed by atoms with Gasteiger partial charge in [-0.1, -0.05) is 36.4 Å². The second kappa shape index (κ2) is 8.57. The van der Waals surface area contributed by atoms with E-state index in [9.17, 15) is 14.7 Å². The topological polar surface area (TPSA) is 100.0 Å². The van der Waals surface area contributed by atoms with Crippen molar-refractivity contribution in [2.75, 3.05) is 26.4 Å². The van der Waals surface area contributed by atoms with Gasteiger partial charge >= 0.3 is 0 Å². The second-order valence-electron chi connectivity index (χ2n) is 5.98. The van der Waals surface area contributed by atoms with Gasteiger partial charge in [0, 0.05) is 24.5 Å². The molecule has 0 radical (unpaired) electrons.